The summed E-state index contributed by atoms with van der Waals surface area (Å²) in [5.74, 6) is -3.67. The lowest BCUT2D eigenvalue weighted by Crippen LogP contribution is -2.42. The van der Waals surface area contributed by atoms with Gasteiger partial charge in [-0.25, -0.2) is 0 Å². The van der Waals surface area contributed by atoms with Crippen molar-refractivity contribution in [2.75, 3.05) is 4.90 Å². The molecule has 0 spiro atoms. The van der Waals surface area contributed by atoms with E-state index in [9.17, 15) is 37.7 Å². The predicted octanol–water partition coefficient (Wildman–Crippen LogP) is 6.93. The largest absolute Gasteiger partial charge is 0.489 e. The number of halogens is 3. The standard InChI is InChI=1S/C34H26F3N3O6S2/c1-15-4-2-5-16(10-15)14-46-23-9-8-19(40(44)45)12-20(23)24-25-21-13-22(28(25)47-30-29(24)48-33(43)38-30)27-26(21)31(41)39(32(27)42)18-7-3-6-17(11-18)34(35,36)37/h2-12,21-22,24-28H,13-14H2,1H3,(H,38,43)/t21?,22?,24-,25?,26?,27?,28?/m1/s1. The number of aromatic amines is 1. The van der Waals surface area contributed by atoms with Gasteiger partial charge in [-0.05, 0) is 60.9 Å². The summed E-state index contributed by atoms with van der Waals surface area (Å²) in [5, 5.41) is 12.4. The molecule has 3 heterocycles. The minimum absolute atomic E-state index is 0.116. The molecule has 2 aliphatic heterocycles. The Labute approximate surface area is 279 Å². The van der Waals surface area contributed by atoms with E-state index in [4.69, 9.17) is 4.74 Å². The highest BCUT2D eigenvalue weighted by atomic mass is 32.2. The second kappa shape index (κ2) is 11.1. The number of aromatic nitrogens is 1. The SMILES string of the molecule is Cc1cccc(COc2ccc([N+](=O)[O-])cc2[C@H]2c3sc(=O)[nH]c3SC3C4CC(C5C(=O)N(c6cccc(C(F)(F)F)c6)C(=O)C45)C32)c1. The number of alkyl halides is 3. The van der Waals surface area contributed by atoms with Crippen molar-refractivity contribution < 1.29 is 32.4 Å². The van der Waals surface area contributed by atoms with Crippen LogP contribution in [0.15, 0.2) is 76.6 Å². The summed E-state index contributed by atoms with van der Waals surface area (Å²) in [6.07, 6.45) is -4.11. The van der Waals surface area contributed by atoms with Crippen LogP contribution in [-0.4, -0.2) is 27.0 Å². The van der Waals surface area contributed by atoms with Crippen LogP contribution in [0.1, 0.15) is 39.5 Å². The number of anilines is 1. The van der Waals surface area contributed by atoms with E-state index in [1.54, 1.807) is 6.07 Å². The molecule has 48 heavy (non-hydrogen) atoms. The number of non-ortho nitro benzene ring substituents is 1. The van der Waals surface area contributed by atoms with Crippen molar-refractivity contribution in [3.8, 4) is 5.75 Å². The Morgan fingerprint density at radius 3 is 2.48 bits per heavy atom. The number of H-pyrrole nitrogens is 1. The number of thioether (sulfide) groups is 1. The fourth-order valence-electron chi connectivity index (χ4n) is 8.43. The van der Waals surface area contributed by atoms with Crippen molar-refractivity contribution in [1.29, 1.82) is 0 Å². The molecule has 14 heteroatoms. The summed E-state index contributed by atoms with van der Waals surface area (Å²) in [7, 11) is 0. The highest BCUT2D eigenvalue weighted by Crippen LogP contribution is 2.69. The number of carbonyl (C=O) groups excluding carboxylic acids is 2. The number of carbonyl (C=O) groups is 2. The Hall–Kier alpha value is -4.43. The number of thiazole rings is 1. The molecule has 6 unspecified atom stereocenters. The van der Waals surface area contributed by atoms with Gasteiger partial charge in [0.1, 0.15) is 12.4 Å². The molecule has 3 aromatic carbocycles. The van der Waals surface area contributed by atoms with Crippen molar-refractivity contribution >= 4 is 46.3 Å². The predicted molar refractivity (Wildman–Crippen MR) is 171 cm³/mol. The highest BCUT2D eigenvalue weighted by Gasteiger charge is 2.70. The first kappa shape index (κ1) is 30.9. The van der Waals surface area contributed by atoms with Crippen molar-refractivity contribution in [2.45, 2.75) is 42.3 Å². The number of amides is 2. The zero-order valence-electron chi connectivity index (χ0n) is 25.1. The molecule has 0 radical (unpaired) electrons. The Balaban J connectivity index is 1.21. The smallest absolute Gasteiger partial charge is 0.416 e. The number of aryl methyl sites for hydroxylation is 1. The molecule has 7 atom stereocenters. The molecule has 8 rings (SSSR count). The van der Waals surface area contributed by atoms with Crippen LogP contribution in [-0.2, 0) is 22.4 Å². The topological polar surface area (TPSA) is 123 Å². The number of fused-ring (bicyclic) bond motifs is 9. The minimum atomic E-state index is -4.65. The van der Waals surface area contributed by atoms with Gasteiger partial charge in [0.2, 0.25) is 11.8 Å². The van der Waals surface area contributed by atoms with Gasteiger partial charge in [-0.3, -0.25) is 29.4 Å². The van der Waals surface area contributed by atoms with E-state index >= 15 is 0 Å². The Morgan fingerprint density at radius 1 is 1.00 bits per heavy atom. The number of nitrogens with one attached hydrogen (secondary N) is 1. The Morgan fingerprint density at radius 2 is 1.75 bits per heavy atom. The molecule has 246 valence electrons. The lowest BCUT2D eigenvalue weighted by atomic mass is 9.68. The third-order valence-corrected chi connectivity index (χ3v) is 12.8. The monoisotopic (exact) mass is 693 g/mol. The van der Waals surface area contributed by atoms with Gasteiger partial charge >= 0.3 is 11.0 Å². The normalized spacial score (nSPS) is 27.2. The first-order valence-corrected chi connectivity index (χ1v) is 17.0. The van der Waals surface area contributed by atoms with Gasteiger partial charge in [-0.1, -0.05) is 47.2 Å². The molecule has 1 aromatic heterocycles. The van der Waals surface area contributed by atoms with E-state index in [2.05, 4.69) is 4.98 Å². The summed E-state index contributed by atoms with van der Waals surface area (Å²) < 4.78 is 47.0. The summed E-state index contributed by atoms with van der Waals surface area (Å²) in [6, 6.07) is 16.4. The molecule has 2 bridgehead atoms. The molecular formula is C34H26F3N3O6S2. The molecular weight excluding hydrogens is 668 g/mol. The summed E-state index contributed by atoms with van der Waals surface area (Å²) >= 11 is 2.45. The fourth-order valence-corrected chi connectivity index (χ4v) is 11.3. The van der Waals surface area contributed by atoms with E-state index in [0.29, 0.717) is 27.6 Å². The summed E-state index contributed by atoms with van der Waals surface area (Å²) in [4.78, 5) is 56.4. The van der Waals surface area contributed by atoms with Crippen LogP contribution in [0, 0.1) is 46.6 Å². The van der Waals surface area contributed by atoms with Crippen molar-refractivity contribution in [2.24, 2.45) is 29.6 Å². The fraction of sp³-hybridized carbons (Fsp3) is 0.324. The van der Waals surface area contributed by atoms with E-state index in [1.165, 1.54) is 36.0 Å². The maximum atomic E-state index is 14.1. The third-order valence-electron chi connectivity index (χ3n) is 10.2. The third kappa shape index (κ3) is 4.79. The maximum Gasteiger partial charge on any atom is 0.416 e. The van der Waals surface area contributed by atoms with Gasteiger partial charge in [0.25, 0.3) is 5.69 Å². The average molecular weight is 694 g/mol. The summed E-state index contributed by atoms with van der Waals surface area (Å²) in [6.45, 7) is 2.15. The van der Waals surface area contributed by atoms with Gasteiger partial charge in [0, 0.05) is 33.7 Å². The first-order valence-electron chi connectivity index (χ1n) is 15.3. The number of hydrogen-bond acceptors (Lipinski definition) is 8. The molecule has 1 saturated heterocycles. The van der Waals surface area contributed by atoms with Crippen molar-refractivity contribution in [1.82, 2.24) is 4.98 Å². The first-order chi connectivity index (χ1) is 22.9. The maximum absolute atomic E-state index is 14.1. The van der Waals surface area contributed by atoms with Crippen molar-refractivity contribution in [3.05, 3.63) is 114 Å². The molecule has 2 amide bonds. The molecule has 2 saturated carbocycles. The number of hydrogen-bond donors (Lipinski definition) is 1. The van der Waals surface area contributed by atoms with E-state index in [1.807, 2.05) is 31.2 Å². The number of nitro benzene ring substituents is 1. The van der Waals surface area contributed by atoms with Crippen LogP contribution in [0.4, 0.5) is 24.5 Å². The van der Waals surface area contributed by atoms with Crippen LogP contribution in [0.3, 0.4) is 0 Å². The zero-order chi connectivity index (χ0) is 33.6. The quantitative estimate of drug-likeness (QED) is 0.132. The lowest BCUT2D eigenvalue weighted by molar-refractivity contribution is -0.385. The number of nitrogens with zero attached hydrogens (tertiary/aromatic N) is 2. The van der Waals surface area contributed by atoms with Gasteiger partial charge in [0.05, 0.1) is 33.0 Å². The molecule has 3 fully saturated rings. The van der Waals surface area contributed by atoms with E-state index < -0.39 is 46.2 Å². The number of nitro groups is 1. The Bertz CT molecular complexity index is 2080. The van der Waals surface area contributed by atoms with Crippen LogP contribution in [0.2, 0.25) is 0 Å². The zero-order valence-corrected chi connectivity index (χ0v) is 26.7. The molecule has 1 N–H and O–H groups in total. The van der Waals surface area contributed by atoms with Crippen LogP contribution in [0.5, 0.6) is 5.75 Å². The van der Waals surface area contributed by atoms with E-state index in [0.717, 1.165) is 39.5 Å². The number of benzene rings is 3. The summed E-state index contributed by atoms with van der Waals surface area (Å²) in [5.41, 5.74) is 1.23. The van der Waals surface area contributed by atoms with Crippen LogP contribution < -0.4 is 14.5 Å². The molecule has 9 nitrogen and oxygen atoms in total. The number of imide groups is 1. The second-order valence-corrected chi connectivity index (χ2v) is 15.0. The lowest BCUT2D eigenvalue weighted by Gasteiger charge is -2.43. The molecule has 4 aromatic rings. The van der Waals surface area contributed by atoms with Gasteiger partial charge in [-0.2, -0.15) is 13.2 Å². The van der Waals surface area contributed by atoms with Gasteiger partial charge < -0.3 is 9.72 Å². The molecule has 4 aliphatic rings. The van der Waals surface area contributed by atoms with Crippen molar-refractivity contribution in [3.63, 3.8) is 0 Å². The van der Waals surface area contributed by atoms with Crippen LogP contribution >= 0.6 is 23.1 Å². The highest BCUT2D eigenvalue weighted by molar-refractivity contribution is 8.00. The Kier molecular flexibility index (Phi) is 7.11. The van der Waals surface area contributed by atoms with Gasteiger partial charge in [0.15, 0.2) is 0 Å². The van der Waals surface area contributed by atoms with E-state index in [-0.39, 0.29) is 45.9 Å². The number of rotatable bonds is 6. The molecule has 2 aliphatic carbocycles. The number of ether oxygens (including phenoxy) is 1. The van der Waals surface area contributed by atoms with Gasteiger partial charge in [-0.15, -0.1) is 11.8 Å². The average Bonchev–Trinajstić information content (AvgIpc) is 3.78. The van der Waals surface area contributed by atoms with Crippen LogP contribution in [0.25, 0.3) is 0 Å². The second-order valence-electron chi connectivity index (χ2n) is 12.8. The minimum Gasteiger partial charge on any atom is -0.489 e.